The van der Waals surface area contributed by atoms with Gasteiger partial charge in [-0.15, -0.1) is 0 Å². The number of hydrogen-bond donors (Lipinski definition) is 1. The van der Waals surface area contributed by atoms with E-state index < -0.39 is 0 Å². The van der Waals surface area contributed by atoms with Crippen molar-refractivity contribution in [1.29, 1.82) is 0 Å². The van der Waals surface area contributed by atoms with E-state index in [4.69, 9.17) is 5.73 Å². The minimum absolute atomic E-state index is 0.410. The quantitative estimate of drug-likeness (QED) is 0.760. The van der Waals surface area contributed by atoms with E-state index in [1.54, 1.807) is 0 Å². The summed E-state index contributed by atoms with van der Waals surface area (Å²) in [5, 5.41) is 0. The molecule has 1 saturated heterocycles. The zero-order chi connectivity index (χ0) is 10.8. The Labute approximate surface area is 92.1 Å². The average Bonchev–Trinajstić information content (AvgIpc) is 2.23. The van der Waals surface area contributed by atoms with Gasteiger partial charge in [0.1, 0.15) is 0 Å². The van der Waals surface area contributed by atoms with Gasteiger partial charge in [0.05, 0.1) is 0 Å². The van der Waals surface area contributed by atoms with Crippen molar-refractivity contribution < 1.29 is 0 Å². The van der Waals surface area contributed by atoms with Crippen LogP contribution >= 0.6 is 0 Å². The lowest BCUT2D eigenvalue weighted by molar-refractivity contribution is 0.501. The third-order valence-electron chi connectivity index (χ3n) is 3.40. The second kappa shape index (κ2) is 4.23. The van der Waals surface area contributed by atoms with Crippen LogP contribution in [-0.4, -0.2) is 19.1 Å². The van der Waals surface area contributed by atoms with Crippen molar-refractivity contribution in [2.75, 3.05) is 18.0 Å². The van der Waals surface area contributed by atoms with Crippen LogP contribution in [0.4, 0.5) is 5.69 Å². The number of nitrogens with two attached hydrogens (primary N) is 1. The van der Waals surface area contributed by atoms with Crippen LogP contribution in [0.2, 0.25) is 0 Å². The number of aryl methyl sites for hydroxylation is 2. The third kappa shape index (κ3) is 2.32. The molecule has 0 radical (unpaired) electrons. The van der Waals surface area contributed by atoms with Crippen molar-refractivity contribution in [2.45, 2.75) is 32.7 Å². The number of nitrogens with zero attached hydrogens (tertiary/aromatic N) is 1. The summed E-state index contributed by atoms with van der Waals surface area (Å²) in [6.07, 6.45) is 2.24. The van der Waals surface area contributed by atoms with Crippen molar-refractivity contribution in [3.8, 4) is 0 Å². The van der Waals surface area contributed by atoms with Gasteiger partial charge in [-0.25, -0.2) is 0 Å². The molecule has 2 rings (SSSR count). The zero-order valence-corrected chi connectivity index (χ0v) is 9.66. The van der Waals surface area contributed by atoms with E-state index in [1.165, 1.54) is 16.8 Å². The molecule has 1 aromatic carbocycles. The van der Waals surface area contributed by atoms with E-state index in [1.807, 2.05) is 0 Å². The number of rotatable bonds is 1. The van der Waals surface area contributed by atoms with Crippen molar-refractivity contribution >= 4 is 5.69 Å². The Kier molecular flexibility index (Phi) is 2.96. The number of piperidine rings is 1. The second-order valence-corrected chi connectivity index (χ2v) is 4.59. The lowest BCUT2D eigenvalue weighted by Crippen LogP contribution is -2.39. The van der Waals surface area contributed by atoms with Crippen molar-refractivity contribution in [1.82, 2.24) is 0 Å². The summed E-state index contributed by atoms with van der Waals surface area (Å²) >= 11 is 0. The monoisotopic (exact) mass is 204 g/mol. The Bertz CT molecular complexity index is 338. The van der Waals surface area contributed by atoms with Gasteiger partial charge in [-0.05, 0) is 49.9 Å². The molecule has 15 heavy (non-hydrogen) atoms. The molecular formula is C13H20N2. The Balaban J connectivity index is 2.12. The maximum absolute atomic E-state index is 5.90. The fourth-order valence-electron chi connectivity index (χ4n) is 2.08. The summed E-state index contributed by atoms with van der Waals surface area (Å²) in [4.78, 5) is 2.44. The highest BCUT2D eigenvalue weighted by Crippen LogP contribution is 2.22. The van der Waals surface area contributed by atoms with Gasteiger partial charge >= 0.3 is 0 Å². The summed E-state index contributed by atoms with van der Waals surface area (Å²) in [5.41, 5.74) is 10.00. The average molecular weight is 204 g/mol. The van der Waals surface area contributed by atoms with Crippen LogP contribution in [0.15, 0.2) is 18.2 Å². The van der Waals surface area contributed by atoms with Crippen LogP contribution < -0.4 is 10.6 Å². The first-order chi connectivity index (χ1) is 7.16. The molecule has 0 unspecified atom stereocenters. The Morgan fingerprint density at radius 3 is 2.40 bits per heavy atom. The number of anilines is 1. The Morgan fingerprint density at radius 2 is 1.80 bits per heavy atom. The number of hydrogen-bond acceptors (Lipinski definition) is 2. The molecule has 0 aromatic heterocycles. The first-order valence-corrected chi connectivity index (χ1v) is 5.74. The normalized spacial score (nSPS) is 18.2. The van der Waals surface area contributed by atoms with Gasteiger partial charge in [0.15, 0.2) is 0 Å². The highest BCUT2D eigenvalue weighted by atomic mass is 15.1. The summed E-state index contributed by atoms with van der Waals surface area (Å²) in [6, 6.07) is 7.12. The maximum Gasteiger partial charge on any atom is 0.0369 e. The predicted molar refractivity (Wildman–Crippen MR) is 65.3 cm³/mol. The molecule has 2 nitrogen and oxygen atoms in total. The van der Waals surface area contributed by atoms with Crippen LogP contribution in [0.1, 0.15) is 24.0 Å². The van der Waals surface area contributed by atoms with E-state index in [-0.39, 0.29) is 0 Å². The largest absolute Gasteiger partial charge is 0.371 e. The minimum atomic E-state index is 0.410. The molecule has 2 N–H and O–H groups in total. The van der Waals surface area contributed by atoms with Gasteiger partial charge in [-0.1, -0.05) is 6.07 Å². The number of benzene rings is 1. The summed E-state index contributed by atoms with van der Waals surface area (Å²) in [5.74, 6) is 0. The van der Waals surface area contributed by atoms with Gasteiger partial charge in [0, 0.05) is 24.8 Å². The fourth-order valence-corrected chi connectivity index (χ4v) is 2.08. The SMILES string of the molecule is Cc1ccc(N2CCC(N)CC2)cc1C. The molecule has 1 aliphatic heterocycles. The van der Waals surface area contributed by atoms with Crippen LogP contribution in [0.3, 0.4) is 0 Å². The molecule has 0 atom stereocenters. The van der Waals surface area contributed by atoms with E-state index in [0.29, 0.717) is 6.04 Å². The molecule has 1 aromatic rings. The van der Waals surface area contributed by atoms with Crippen LogP contribution in [-0.2, 0) is 0 Å². The standard InChI is InChI=1S/C13H20N2/c1-10-3-4-13(9-11(10)2)15-7-5-12(14)6-8-15/h3-4,9,12H,5-8,14H2,1-2H3. The summed E-state index contributed by atoms with van der Waals surface area (Å²) < 4.78 is 0. The molecule has 1 heterocycles. The van der Waals surface area contributed by atoms with Crippen molar-refractivity contribution in [3.63, 3.8) is 0 Å². The first-order valence-electron chi connectivity index (χ1n) is 5.74. The Hall–Kier alpha value is -1.02. The van der Waals surface area contributed by atoms with E-state index in [2.05, 4.69) is 36.9 Å². The summed E-state index contributed by atoms with van der Waals surface area (Å²) in [7, 11) is 0. The Morgan fingerprint density at radius 1 is 1.13 bits per heavy atom. The van der Waals surface area contributed by atoms with Gasteiger partial charge in [-0.2, -0.15) is 0 Å². The highest BCUT2D eigenvalue weighted by Gasteiger charge is 2.16. The predicted octanol–water partition coefficient (Wildman–Crippen LogP) is 2.23. The van der Waals surface area contributed by atoms with Gasteiger partial charge in [-0.3, -0.25) is 0 Å². The van der Waals surface area contributed by atoms with E-state index in [9.17, 15) is 0 Å². The fraction of sp³-hybridized carbons (Fsp3) is 0.538. The van der Waals surface area contributed by atoms with Crippen molar-refractivity contribution in [3.05, 3.63) is 29.3 Å². The molecule has 1 aliphatic rings. The second-order valence-electron chi connectivity index (χ2n) is 4.59. The van der Waals surface area contributed by atoms with Gasteiger partial charge in [0.25, 0.3) is 0 Å². The topological polar surface area (TPSA) is 29.3 Å². The molecule has 0 saturated carbocycles. The molecule has 0 aliphatic carbocycles. The van der Waals surface area contributed by atoms with Crippen LogP contribution in [0.25, 0.3) is 0 Å². The van der Waals surface area contributed by atoms with Gasteiger partial charge < -0.3 is 10.6 Å². The van der Waals surface area contributed by atoms with Crippen LogP contribution in [0.5, 0.6) is 0 Å². The molecule has 0 bridgehead atoms. The van der Waals surface area contributed by atoms with Gasteiger partial charge in [0.2, 0.25) is 0 Å². The molecule has 2 heteroatoms. The summed E-state index contributed by atoms with van der Waals surface area (Å²) in [6.45, 7) is 6.53. The smallest absolute Gasteiger partial charge is 0.0369 e. The maximum atomic E-state index is 5.90. The molecule has 1 fully saturated rings. The lowest BCUT2D eigenvalue weighted by Gasteiger charge is -2.32. The lowest BCUT2D eigenvalue weighted by atomic mass is 10.0. The minimum Gasteiger partial charge on any atom is -0.371 e. The van der Waals surface area contributed by atoms with Crippen molar-refractivity contribution in [2.24, 2.45) is 5.73 Å². The molecule has 0 amide bonds. The molecule has 82 valence electrons. The molecular weight excluding hydrogens is 184 g/mol. The van der Waals surface area contributed by atoms with E-state index in [0.717, 1.165) is 25.9 Å². The van der Waals surface area contributed by atoms with E-state index >= 15 is 0 Å². The van der Waals surface area contributed by atoms with Crippen LogP contribution in [0, 0.1) is 13.8 Å². The zero-order valence-electron chi connectivity index (χ0n) is 9.66. The first kappa shape index (κ1) is 10.5. The highest BCUT2D eigenvalue weighted by molar-refractivity contribution is 5.50. The third-order valence-corrected chi connectivity index (χ3v) is 3.40. The molecule has 0 spiro atoms.